The van der Waals surface area contributed by atoms with Crippen molar-refractivity contribution in [2.45, 2.75) is 63.8 Å². The van der Waals surface area contributed by atoms with Gasteiger partial charge in [0.05, 0.1) is 6.54 Å². The van der Waals surface area contributed by atoms with Crippen LogP contribution in [0.1, 0.15) is 39.5 Å². The normalized spacial score (nSPS) is 26.8. The molecule has 1 rings (SSSR count). The number of hydrogen-bond donors (Lipinski definition) is 1. The molecule has 0 heterocycles. The van der Waals surface area contributed by atoms with Crippen LogP contribution in [0.15, 0.2) is 0 Å². The lowest BCUT2D eigenvalue weighted by molar-refractivity contribution is -0.158. The van der Waals surface area contributed by atoms with Gasteiger partial charge in [-0.25, -0.2) is 0 Å². The molecule has 2 unspecified atom stereocenters. The molecule has 0 spiro atoms. The summed E-state index contributed by atoms with van der Waals surface area (Å²) in [5.74, 6) is 0. The van der Waals surface area contributed by atoms with E-state index in [1.807, 2.05) is 20.9 Å². The average molecular weight is 252 g/mol. The first-order valence-electron chi connectivity index (χ1n) is 6.35. The molecule has 1 aliphatic rings. The minimum Gasteiger partial charge on any atom is -0.315 e. The van der Waals surface area contributed by atoms with Gasteiger partial charge in [0.1, 0.15) is 0 Å². The van der Waals surface area contributed by atoms with E-state index in [-0.39, 0.29) is 18.1 Å². The van der Waals surface area contributed by atoms with Gasteiger partial charge in [-0.3, -0.25) is 4.90 Å². The molecular formula is C12H23F3N2. The first kappa shape index (κ1) is 14.8. The number of rotatable bonds is 4. The molecule has 17 heavy (non-hydrogen) atoms. The van der Waals surface area contributed by atoms with Gasteiger partial charge in [0.15, 0.2) is 0 Å². The Balaban J connectivity index is 2.74. The zero-order valence-electron chi connectivity index (χ0n) is 10.8. The highest BCUT2D eigenvalue weighted by Crippen LogP contribution is 2.28. The van der Waals surface area contributed by atoms with Gasteiger partial charge < -0.3 is 5.32 Å². The van der Waals surface area contributed by atoms with Crippen molar-refractivity contribution >= 4 is 0 Å². The summed E-state index contributed by atoms with van der Waals surface area (Å²) < 4.78 is 37.8. The molecule has 5 heteroatoms. The summed E-state index contributed by atoms with van der Waals surface area (Å²) in [5, 5.41) is 3.17. The first-order valence-corrected chi connectivity index (χ1v) is 6.35. The number of likely N-dealkylation sites (N-methyl/N-ethyl adjacent to an activating group) is 1. The van der Waals surface area contributed by atoms with Crippen LogP contribution in [0.4, 0.5) is 13.2 Å². The zero-order valence-corrected chi connectivity index (χ0v) is 10.8. The van der Waals surface area contributed by atoms with E-state index in [9.17, 15) is 13.2 Å². The van der Waals surface area contributed by atoms with Gasteiger partial charge in [-0.1, -0.05) is 12.8 Å². The summed E-state index contributed by atoms with van der Waals surface area (Å²) >= 11 is 0. The molecule has 0 aromatic rings. The van der Waals surface area contributed by atoms with Gasteiger partial charge in [0, 0.05) is 18.1 Å². The Morgan fingerprint density at radius 3 is 2.29 bits per heavy atom. The molecule has 0 aromatic carbocycles. The molecular weight excluding hydrogens is 229 g/mol. The monoisotopic (exact) mass is 252 g/mol. The van der Waals surface area contributed by atoms with Crippen molar-refractivity contribution in [3.8, 4) is 0 Å². The maximum absolute atomic E-state index is 12.6. The summed E-state index contributed by atoms with van der Waals surface area (Å²) in [6, 6.07) is 0.124. The molecule has 102 valence electrons. The summed E-state index contributed by atoms with van der Waals surface area (Å²) in [6.07, 6.45) is -0.133. The Morgan fingerprint density at radius 1 is 1.24 bits per heavy atom. The van der Waals surface area contributed by atoms with E-state index in [1.165, 1.54) is 0 Å². The molecule has 2 nitrogen and oxygen atoms in total. The topological polar surface area (TPSA) is 15.3 Å². The lowest BCUT2D eigenvalue weighted by Crippen LogP contribution is -2.55. The number of alkyl halides is 3. The summed E-state index contributed by atoms with van der Waals surface area (Å²) in [5.41, 5.74) is 0. The van der Waals surface area contributed by atoms with Gasteiger partial charge in [-0.15, -0.1) is 0 Å². The quantitative estimate of drug-likeness (QED) is 0.827. The number of nitrogens with one attached hydrogen (secondary N) is 1. The van der Waals surface area contributed by atoms with Crippen molar-refractivity contribution in [1.29, 1.82) is 0 Å². The smallest absolute Gasteiger partial charge is 0.315 e. The fraction of sp³-hybridized carbons (Fsp3) is 1.00. The average Bonchev–Trinajstić information content (AvgIpc) is 2.24. The second-order valence-corrected chi connectivity index (χ2v) is 5.13. The van der Waals surface area contributed by atoms with Gasteiger partial charge >= 0.3 is 6.18 Å². The zero-order chi connectivity index (χ0) is 13.1. The standard InChI is InChI=1S/C12H23F3N2/c1-9(2)17(8-12(13,14)15)11-7-5-4-6-10(11)16-3/h9-11,16H,4-8H2,1-3H3. The lowest BCUT2D eigenvalue weighted by atomic mass is 9.88. The van der Waals surface area contributed by atoms with E-state index in [0.29, 0.717) is 0 Å². The third kappa shape index (κ3) is 4.47. The highest BCUT2D eigenvalue weighted by molar-refractivity contribution is 4.89. The minimum absolute atomic E-state index is 0.00961. The van der Waals surface area contributed by atoms with Crippen LogP contribution < -0.4 is 5.32 Å². The number of hydrogen-bond acceptors (Lipinski definition) is 2. The Morgan fingerprint density at radius 2 is 1.82 bits per heavy atom. The maximum atomic E-state index is 12.6. The fourth-order valence-electron chi connectivity index (χ4n) is 2.73. The molecule has 1 saturated carbocycles. The van der Waals surface area contributed by atoms with E-state index >= 15 is 0 Å². The van der Waals surface area contributed by atoms with Crippen molar-refractivity contribution in [2.24, 2.45) is 0 Å². The van der Waals surface area contributed by atoms with Crippen LogP contribution >= 0.6 is 0 Å². The molecule has 0 aliphatic heterocycles. The number of halogens is 3. The first-order chi connectivity index (χ1) is 7.85. The van der Waals surface area contributed by atoms with E-state index in [2.05, 4.69) is 5.32 Å². The summed E-state index contributed by atoms with van der Waals surface area (Å²) in [4.78, 5) is 1.60. The maximum Gasteiger partial charge on any atom is 0.401 e. The Bertz CT molecular complexity index is 228. The molecule has 0 bridgehead atoms. The summed E-state index contributed by atoms with van der Waals surface area (Å²) in [6.45, 7) is 2.88. The molecule has 0 radical (unpaired) electrons. The summed E-state index contributed by atoms with van der Waals surface area (Å²) in [7, 11) is 1.84. The van der Waals surface area contributed by atoms with Crippen molar-refractivity contribution in [2.75, 3.05) is 13.6 Å². The highest BCUT2D eigenvalue weighted by Gasteiger charge is 2.38. The predicted molar refractivity (Wildman–Crippen MR) is 63.0 cm³/mol. The van der Waals surface area contributed by atoms with Crippen molar-refractivity contribution < 1.29 is 13.2 Å². The van der Waals surface area contributed by atoms with E-state index in [4.69, 9.17) is 0 Å². The van der Waals surface area contributed by atoms with Gasteiger partial charge in [0.25, 0.3) is 0 Å². The lowest BCUT2D eigenvalue weighted by Gasteiger charge is -2.42. The second-order valence-electron chi connectivity index (χ2n) is 5.13. The van der Waals surface area contributed by atoms with Crippen LogP contribution in [0.25, 0.3) is 0 Å². The van der Waals surface area contributed by atoms with E-state index in [0.717, 1.165) is 25.7 Å². The van der Waals surface area contributed by atoms with Gasteiger partial charge in [0.2, 0.25) is 0 Å². The van der Waals surface area contributed by atoms with Crippen molar-refractivity contribution in [1.82, 2.24) is 10.2 Å². The Kier molecular flexibility index (Phi) is 5.25. The van der Waals surface area contributed by atoms with E-state index in [1.54, 1.807) is 4.90 Å². The predicted octanol–water partition coefficient (Wildman–Crippen LogP) is 2.79. The van der Waals surface area contributed by atoms with Crippen LogP contribution in [0.5, 0.6) is 0 Å². The van der Waals surface area contributed by atoms with Crippen LogP contribution in [-0.2, 0) is 0 Å². The highest BCUT2D eigenvalue weighted by atomic mass is 19.4. The minimum atomic E-state index is -4.11. The molecule has 0 aromatic heterocycles. The third-order valence-corrected chi connectivity index (χ3v) is 3.55. The molecule has 0 amide bonds. The molecule has 1 fully saturated rings. The number of nitrogens with zero attached hydrogens (tertiary/aromatic N) is 1. The molecule has 0 saturated heterocycles. The van der Waals surface area contributed by atoms with Crippen LogP contribution in [-0.4, -0.2) is 42.8 Å². The van der Waals surface area contributed by atoms with Crippen molar-refractivity contribution in [3.63, 3.8) is 0 Å². The fourth-order valence-corrected chi connectivity index (χ4v) is 2.73. The third-order valence-electron chi connectivity index (χ3n) is 3.55. The van der Waals surface area contributed by atoms with Crippen LogP contribution in [0.2, 0.25) is 0 Å². The van der Waals surface area contributed by atoms with Crippen LogP contribution in [0.3, 0.4) is 0 Å². The largest absolute Gasteiger partial charge is 0.401 e. The molecule has 2 atom stereocenters. The van der Waals surface area contributed by atoms with Crippen molar-refractivity contribution in [3.05, 3.63) is 0 Å². The Labute approximate surface area is 102 Å². The SMILES string of the molecule is CNC1CCCCC1N(CC(F)(F)F)C(C)C. The second kappa shape index (κ2) is 6.05. The molecule has 1 N–H and O–H groups in total. The van der Waals surface area contributed by atoms with Gasteiger partial charge in [-0.05, 0) is 33.7 Å². The Hall–Kier alpha value is -0.290. The van der Waals surface area contributed by atoms with Crippen LogP contribution in [0, 0.1) is 0 Å². The van der Waals surface area contributed by atoms with Gasteiger partial charge in [-0.2, -0.15) is 13.2 Å². The molecule has 1 aliphatic carbocycles. The van der Waals surface area contributed by atoms with E-state index < -0.39 is 12.7 Å².